The summed E-state index contributed by atoms with van der Waals surface area (Å²) in [5, 5.41) is 2.97. The van der Waals surface area contributed by atoms with Crippen molar-refractivity contribution >= 4 is 6.21 Å². The van der Waals surface area contributed by atoms with Crippen LogP contribution in [0.25, 0.3) is 0 Å². The Labute approximate surface area is 103 Å². The van der Waals surface area contributed by atoms with E-state index in [0.717, 1.165) is 18.4 Å². The lowest BCUT2D eigenvalue weighted by atomic mass is 10.1. The smallest absolute Gasteiger partial charge is 0.0894 e. The molecule has 0 aromatic carbocycles. The maximum absolute atomic E-state index is 10.2. The summed E-state index contributed by atoms with van der Waals surface area (Å²) in [7, 11) is 1.73. The zero-order valence-corrected chi connectivity index (χ0v) is 10.5. The summed E-state index contributed by atoms with van der Waals surface area (Å²) in [6.07, 6.45) is 14.8. The average Bonchev–Trinajstić information content (AvgIpc) is 2.35. The molecule has 0 aliphatic carbocycles. The highest BCUT2D eigenvalue weighted by Gasteiger charge is 1.97. The van der Waals surface area contributed by atoms with Crippen LogP contribution in [0, 0.1) is 4.91 Å². The van der Waals surface area contributed by atoms with E-state index in [1.807, 2.05) is 31.2 Å². The molecule has 92 valence electrons. The molecule has 0 aliphatic rings. The van der Waals surface area contributed by atoms with Crippen LogP contribution in [0.15, 0.2) is 58.8 Å². The molecule has 0 radical (unpaired) electrons. The molecule has 1 unspecified atom stereocenters. The third-order valence-electron chi connectivity index (χ3n) is 2.09. The molecule has 0 aliphatic heterocycles. The van der Waals surface area contributed by atoms with Crippen LogP contribution in [0.2, 0.25) is 0 Å². The summed E-state index contributed by atoms with van der Waals surface area (Å²) in [6.45, 7) is 5.45. The number of rotatable bonds is 8. The molecule has 3 nitrogen and oxygen atoms in total. The normalized spacial score (nSPS) is 14.8. The van der Waals surface area contributed by atoms with Gasteiger partial charge in [0.15, 0.2) is 0 Å². The molecule has 0 amide bonds. The fourth-order valence-corrected chi connectivity index (χ4v) is 1.15. The van der Waals surface area contributed by atoms with Gasteiger partial charge in [-0.15, -0.1) is 0 Å². The quantitative estimate of drug-likeness (QED) is 0.356. The number of nitroso groups, excluding NO2 is 1. The first-order chi connectivity index (χ1) is 8.24. The van der Waals surface area contributed by atoms with Crippen molar-refractivity contribution in [2.75, 3.05) is 7.05 Å². The summed E-state index contributed by atoms with van der Waals surface area (Å²) in [6, 6.07) is -0.128. The maximum atomic E-state index is 10.2. The topological polar surface area (TPSA) is 41.8 Å². The van der Waals surface area contributed by atoms with E-state index in [9.17, 15) is 4.91 Å². The van der Waals surface area contributed by atoms with E-state index < -0.39 is 0 Å². The first-order valence-corrected chi connectivity index (χ1v) is 5.65. The minimum Gasteiger partial charge on any atom is -0.297 e. The van der Waals surface area contributed by atoms with Crippen LogP contribution < -0.4 is 0 Å². The van der Waals surface area contributed by atoms with Crippen LogP contribution >= 0.6 is 0 Å². The Morgan fingerprint density at radius 1 is 1.35 bits per heavy atom. The van der Waals surface area contributed by atoms with Crippen LogP contribution in [-0.2, 0) is 0 Å². The summed E-state index contributed by atoms with van der Waals surface area (Å²) < 4.78 is 0. The van der Waals surface area contributed by atoms with Gasteiger partial charge in [0, 0.05) is 13.3 Å². The Hall–Kier alpha value is -1.77. The summed E-state index contributed by atoms with van der Waals surface area (Å²) in [5.41, 5.74) is 1.07. The molecule has 17 heavy (non-hydrogen) atoms. The van der Waals surface area contributed by atoms with Crippen molar-refractivity contribution in [2.45, 2.75) is 25.8 Å². The third kappa shape index (κ3) is 9.18. The highest BCUT2D eigenvalue weighted by Crippen LogP contribution is 2.07. The standard InChI is InChI=1S/C14H20N2O/c1-4-5-9-14(11-7-12-15-3)10-6-8-13(2)16-17/h4-5,7,9-13H,1,6,8H2,2-3H3/b9-5-,11-7+,14-10+,15-12?. The molecule has 0 saturated heterocycles. The summed E-state index contributed by atoms with van der Waals surface area (Å²) >= 11 is 0. The number of allylic oxidation sites excluding steroid dienone is 7. The molecule has 0 saturated carbocycles. The Bertz CT molecular complexity index is 338. The van der Waals surface area contributed by atoms with Crippen LogP contribution in [0.1, 0.15) is 19.8 Å². The predicted molar refractivity (Wildman–Crippen MR) is 75.5 cm³/mol. The van der Waals surface area contributed by atoms with Crippen molar-refractivity contribution in [3.8, 4) is 0 Å². The van der Waals surface area contributed by atoms with Crippen LogP contribution in [0.5, 0.6) is 0 Å². The molecule has 0 heterocycles. The fraction of sp³-hybridized carbons (Fsp3) is 0.357. The van der Waals surface area contributed by atoms with Gasteiger partial charge in [-0.2, -0.15) is 4.91 Å². The lowest BCUT2D eigenvalue weighted by molar-refractivity contribution is 0.673. The first kappa shape index (κ1) is 15.2. The molecule has 0 aromatic rings. The van der Waals surface area contributed by atoms with Crippen molar-refractivity contribution in [3.63, 3.8) is 0 Å². The predicted octanol–water partition coefficient (Wildman–Crippen LogP) is 3.85. The van der Waals surface area contributed by atoms with Gasteiger partial charge in [-0.25, -0.2) is 0 Å². The minimum absolute atomic E-state index is 0.128. The number of hydrogen-bond donors (Lipinski definition) is 0. The minimum atomic E-state index is -0.128. The molecule has 0 bridgehead atoms. The van der Waals surface area contributed by atoms with Crippen molar-refractivity contribution in [1.29, 1.82) is 0 Å². The average molecular weight is 232 g/mol. The molecule has 0 N–H and O–H groups in total. The zero-order chi connectivity index (χ0) is 12.9. The third-order valence-corrected chi connectivity index (χ3v) is 2.09. The van der Waals surface area contributed by atoms with Gasteiger partial charge >= 0.3 is 0 Å². The highest BCUT2D eigenvalue weighted by atomic mass is 16.3. The molecule has 0 spiro atoms. The Balaban J connectivity index is 4.44. The van der Waals surface area contributed by atoms with E-state index in [-0.39, 0.29) is 6.04 Å². The summed E-state index contributed by atoms with van der Waals surface area (Å²) in [5.74, 6) is 0. The fourth-order valence-electron chi connectivity index (χ4n) is 1.15. The number of nitrogens with zero attached hydrogens (tertiary/aromatic N) is 2. The Kier molecular flexibility index (Phi) is 9.62. The van der Waals surface area contributed by atoms with Gasteiger partial charge in [0.05, 0.1) is 6.04 Å². The number of aliphatic imine (C=N–C) groups is 1. The largest absolute Gasteiger partial charge is 0.297 e. The monoisotopic (exact) mass is 232 g/mol. The molecular weight excluding hydrogens is 212 g/mol. The van der Waals surface area contributed by atoms with E-state index in [4.69, 9.17) is 0 Å². The molecule has 0 fully saturated rings. The van der Waals surface area contributed by atoms with Crippen molar-refractivity contribution in [1.82, 2.24) is 0 Å². The second kappa shape index (κ2) is 10.7. The van der Waals surface area contributed by atoms with Crippen molar-refractivity contribution in [2.24, 2.45) is 10.2 Å². The van der Waals surface area contributed by atoms with Gasteiger partial charge in [-0.1, -0.05) is 42.1 Å². The number of hydrogen-bond acceptors (Lipinski definition) is 3. The van der Waals surface area contributed by atoms with E-state index in [1.165, 1.54) is 0 Å². The van der Waals surface area contributed by atoms with Gasteiger partial charge in [-0.3, -0.25) is 4.99 Å². The van der Waals surface area contributed by atoms with E-state index in [0.29, 0.717) is 0 Å². The highest BCUT2D eigenvalue weighted by molar-refractivity contribution is 5.72. The first-order valence-electron chi connectivity index (χ1n) is 5.65. The van der Waals surface area contributed by atoms with Gasteiger partial charge in [-0.05, 0) is 31.4 Å². The second-order valence-electron chi connectivity index (χ2n) is 3.60. The van der Waals surface area contributed by atoms with E-state index in [1.54, 1.807) is 19.3 Å². The molecular formula is C14H20N2O. The van der Waals surface area contributed by atoms with Crippen molar-refractivity contribution < 1.29 is 0 Å². The van der Waals surface area contributed by atoms with Gasteiger partial charge in [0.2, 0.25) is 0 Å². The molecule has 3 heteroatoms. The summed E-state index contributed by atoms with van der Waals surface area (Å²) in [4.78, 5) is 14.1. The Morgan fingerprint density at radius 2 is 2.06 bits per heavy atom. The van der Waals surface area contributed by atoms with Crippen LogP contribution in [-0.4, -0.2) is 19.3 Å². The molecule has 1 atom stereocenters. The van der Waals surface area contributed by atoms with Gasteiger partial charge in [0.25, 0.3) is 0 Å². The lowest BCUT2D eigenvalue weighted by Gasteiger charge is -1.99. The zero-order valence-electron chi connectivity index (χ0n) is 10.5. The maximum Gasteiger partial charge on any atom is 0.0894 e. The van der Waals surface area contributed by atoms with Crippen molar-refractivity contribution in [3.05, 3.63) is 53.5 Å². The SMILES string of the molecule is C=C\C=C/C(/C=C/C=NC)=C\CCC(C)N=O. The van der Waals surface area contributed by atoms with E-state index >= 15 is 0 Å². The van der Waals surface area contributed by atoms with Crippen LogP contribution in [0.3, 0.4) is 0 Å². The van der Waals surface area contributed by atoms with Crippen LogP contribution in [0.4, 0.5) is 0 Å². The Morgan fingerprint density at radius 3 is 2.65 bits per heavy atom. The van der Waals surface area contributed by atoms with Gasteiger partial charge < -0.3 is 0 Å². The van der Waals surface area contributed by atoms with E-state index in [2.05, 4.69) is 22.8 Å². The second-order valence-corrected chi connectivity index (χ2v) is 3.60. The van der Waals surface area contributed by atoms with Gasteiger partial charge in [0.1, 0.15) is 0 Å². The lowest BCUT2D eigenvalue weighted by Crippen LogP contribution is -1.94. The molecule has 0 aromatic heterocycles. The molecule has 0 rings (SSSR count).